The van der Waals surface area contributed by atoms with E-state index in [9.17, 15) is 4.79 Å². The molecule has 1 aliphatic rings. The van der Waals surface area contributed by atoms with Crippen LogP contribution in [0.5, 0.6) is 0 Å². The molecule has 26 heavy (non-hydrogen) atoms. The van der Waals surface area contributed by atoms with E-state index in [-0.39, 0.29) is 5.91 Å². The van der Waals surface area contributed by atoms with Gasteiger partial charge >= 0.3 is 0 Å². The van der Waals surface area contributed by atoms with Gasteiger partial charge in [-0.2, -0.15) is 5.10 Å². The van der Waals surface area contributed by atoms with Gasteiger partial charge in [-0.25, -0.2) is 0 Å². The van der Waals surface area contributed by atoms with E-state index in [2.05, 4.69) is 21.9 Å². The SMILES string of the molecule is Cc1cc(C(=O)N2CCCN(C(C)CCn3cccn3)CC2)cc(C)n1. The average molecular weight is 355 g/mol. The molecule has 6 heteroatoms. The Balaban J connectivity index is 1.56. The fourth-order valence-corrected chi connectivity index (χ4v) is 3.66. The number of aryl methyl sites for hydroxylation is 3. The van der Waals surface area contributed by atoms with E-state index in [1.54, 1.807) is 0 Å². The number of hydrogen-bond donors (Lipinski definition) is 0. The summed E-state index contributed by atoms with van der Waals surface area (Å²) >= 11 is 0. The minimum atomic E-state index is 0.129. The molecule has 1 unspecified atom stereocenters. The summed E-state index contributed by atoms with van der Waals surface area (Å²) in [5.41, 5.74) is 2.56. The Morgan fingerprint density at radius 3 is 2.62 bits per heavy atom. The number of amides is 1. The second kappa shape index (κ2) is 8.45. The van der Waals surface area contributed by atoms with Crippen molar-refractivity contribution in [2.45, 2.75) is 46.2 Å². The second-order valence-corrected chi connectivity index (χ2v) is 7.23. The Morgan fingerprint density at radius 1 is 1.15 bits per heavy atom. The number of hydrogen-bond acceptors (Lipinski definition) is 4. The van der Waals surface area contributed by atoms with Crippen molar-refractivity contribution < 1.29 is 4.79 Å². The average Bonchev–Trinajstić information content (AvgIpc) is 3.01. The first kappa shape index (κ1) is 18.6. The van der Waals surface area contributed by atoms with Gasteiger partial charge in [0.1, 0.15) is 0 Å². The largest absolute Gasteiger partial charge is 0.337 e. The summed E-state index contributed by atoms with van der Waals surface area (Å²) in [6.07, 6.45) is 5.91. The molecule has 1 saturated heterocycles. The fraction of sp³-hybridized carbons (Fsp3) is 0.550. The molecule has 2 aromatic heterocycles. The van der Waals surface area contributed by atoms with Gasteiger partial charge in [0.2, 0.25) is 0 Å². The standard InChI is InChI=1S/C20H29N5O/c1-16-14-19(15-17(2)22-16)20(26)24-9-5-8-23(12-13-24)18(3)6-11-25-10-4-7-21-25/h4,7,10,14-15,18H,5-6,8-9,11-13H2,1-3H3. The first-order chi connectivity index (χ1) is 12.5. The van der Waals surface area contributed by atoms with Crippen LogP contribution in [0.4, 0.5) is 0 Å². The molecule has 0 bridgehead atoms. The van der Waals surface area contributed by atoms with Crippen molar-refractivity contribution in [3.8, 4) is 0 Å². The Labute approximate surface area is 155 Å². The molecule has 140 valence electrons. The van der Waals surface area contributed by atoms with Gasteiger partial charge in [0.05, 0.1) is 0 Å². The van der Waals surface area contributed by atoms with Gasteiger partial charge in [-0.15, -0.1) is 0 Å². The molecule has 3 rings (SSSR count). The zero-order chi connectivity index (χ0) is 18.5. The Kier molecular flexibility index (Phi) is 6.04. The van der Waals surface area contributed by atoms with Crippen LogP contribution in [0.15, 0.2) is 30.6 Å². The number of pyridine rings is 1. The maximum Gasteiger partial charge on any atom is 0.254 e. The van der Waals surface area contributed by atoms with Gasteiger partial charge in [-0.3, -0.25) is 19.4 Å². The molecule has 1 atom stereocenters. The summed E-state index contributed by atoms with van der Waals surface area (Å²) < 4.78 is 1.98. The molecule has 0 aromatic carbocycles. The van der Waals surface area contributed by atoms with E-state index in [1.807, 2.05) is 54.0 Å². The van der Waals surface area contributed by atoms with E-state index in [0.717, 1.165) is 62.5 Å². The first-order valence-electron chi connectivity index (χ1n) is 9.49. The van der Waals surface area contributed by atoms with E-state index in [0.29, 0.717) is 6.04 Å². The molecule has 0 aliphatic carbocycles. The second-order valence-electron chi connectivity index (χ2n) is 7.23. The van der Waals surface area contributed by atoms with Gasteiger partial charge in [0.25, 0.3) is 5.91 Å². The summed E-state index contributed by atoms with van der Waals surface area (Å²) in [6, 6.07) is 6.23. The Bertz CT molecular complexity index is 708. The lowest BCUT2D eigenvalue weighted by Gasteiger charge is -2.28. The molecule has 1 fully saturated rings. The van der Waals surface area contributed by atoms with Crippen molar-refractivity contribution in [3.05, 3.63) is 47.5 Å². The van der Waals surface area contributed by atoms with Crippen LogP contribution >= 0.6 is 0 Å². The normalized spacial score (nSPS) is 17.1. The Hall–Kier alpha value is -2.21. The highest BCUT2D eigenvalue weighted by molar-refractivity contribution is 5.94. The zero-order valence-electron chi connectivity index (χ0n) is 16.1. The third-order valence-corrected chi connectivity index (χ3v) is 5.10. The third kappa shape index (κ3) is 4.69. The molecule has 0 spiro atoms. The fourth-order valence-electron chi connectivity index (χ4n) is 3.66. The summed E-state index contributed by atoms with van der Waals surface area (Å²) in [5, 5.41) is 4.27. The summed E-state index contributed by atoms with van der Waals surface area (Å²) in [4.78, 5) is 21.7. The third-order valence-electron chi connectivity index (χ3n) is 5.10. The zero-order valence-corrected chi connectivity index (χ0v) is 16.1. The quantitative estimate of drug-likeness (QED) is 0.827. The van der Waals surface area contributed by atoms with E-state index >= 15 is 0 Å². The minimum Gasteiger partial charge on any atom is -0.337 e. The van der Waals surface area contributed by atoms with Crippen LogP contribution in [0.3, 0.4) is 0 Å². The highest BCUT2D eigenvalue weighted by atomic mass is 16.2. The highest BCUT2D eigenvalue weighted by Gasteiger charge is 2.23. The molecule has 2 aromatic rings. The van der Waals surface area contributed by atoms with Crippen molar-refractivity contribution in [1.29, 1.82) is 0 Å². The van der Waals surface area contributed by atoms with Gasteiger partial charge in [0.15, 0.2) is 0 Å². The molecule has 1 aliphatic heterocycles. The Morgan fingerprint density at radius 2 is 1.92 bits per heavy atom. The van der Waals surface area contributed by atoms with Crippen LogP contribution in [0.2, 0.25) is 0 Å². The molecule has 6 nitrogen and oxygen atoms in total. The number of rotatable bonds is 5. The molecular weight excluding hydrogens is 326 g/mol. The van der Waals surface area contributed by atoms with E-state index in [4.69, 9.17) is 0 Å². The van der Waals surface area contributed by atoms with Crippen LogP contribution in [-0.2, 0) is 6.54 Å². The molecule has 1 amide bonds. The predicted octanol–water partition coefficient (Wildman–Crippen LogP) is 2.52. The molecule has 0 radical (unpaired) electrons. The number of carbonyl (C=O) groups is 1. The van der Waals surface area contributed by atoms with E-state index < -0.39 is 0 Å². The summed E-state index contributed by atoms with van der Waals surface area (Å²) in [5.74, 6) is 0.129. The molecule has 0 N–H and O–H groups in total. The maximum absolute atomic E-state index is 12.9. The first-order valence-corrected chi connectivity index (χ1v) is 9.49. The van der Waals surface area contributed by atoms with Crippen molar-refractivity contribution in [2.75, 3.05) is 26.2 Å². The van der Waals surface area contributed by atoms with Gasteiger partial charge in [-0.05, 0) is 51.8 Å². The van der Waals surface area contributed by atoms with Crippen molar-refractivity contribution in [3.63, 3.8) is 0 Å². The lowest BCUT2D eigenvalue weighted by Crippen LogP contribution is -2.38. The van der Waals surface area contributed by atoms with Gasteiger partial charge in [0, 0.05) is 68.1 Å². The van der Waals surface area contributed by atoms with E-state index in [1.165, 1.54) is 0 Å². The number of carbonyl (C=O) groups excluding carboxylic acids is 1. The van der Waals surface area contributed by atoms with Crippen LogP contribution in [0.25, 0.3) is 0 Å². The lowest BCUT2D eigenvalue weighted by atomic mass is 10.1. The molecular formula is C20H29N5O. The van der Waals surface area contributed by atoms with Gasteiger partial charge in [-0.1, -0.05) is 0 Å². The van der Waals surface area contributed by atoms with Crippen LogP contribution in [-0.4, -0.2) is 62.7 Å². The van der Waals surface area contributed by atoms with Gasteiger partial charge < -0.3 is 4.90 Å². The maximum atomic E-state index is 12.9. The van der Waals surface area contributed by atoms with Crippen LogP contribution < -0.4 is 0 Å². The molecule has 3 heterocycles. The number of nitrogens with zero attached hydrogens (tertiary/aromatic N) is 5. The monoisotopic (exact) mass is 355 g/mol. The van der Waals surface area contributed by atoms with Crippen molar-refractivity contribution in [2.24, 2.45) is 0 Å². The highest BCUT2D eigenvalue weighted by Crippen LogP contribution is 2.14. The molecule has 0 saturated carbocycles. The van der Waals surface area contributed by atoms with Crippen molar-refractivity contribution >= 4 is 5.91 Å². The van der Waals surface area contributed by atoms with Crippen LogP contribution in [0, 0.1) is 13.8 Å². The van der Waals surface area contributed by atoms with Crippen LogP contribution in [0.1, 0.15) is 41.5 Å². The minimum absolute atomic E-state index is 0.129. The smallest absolute Gasteiger partial charge is 0.254 e. The topological polar surface area (TPSA) is 54.3 Å². The lowest BCUT2D eigenvalue weighted by molar-refractivity contribution is 0.0757. The summed E-state index contributed by atoms with van der Waals surface area (Å²) in [7, 11) is 0. The number of aromatic nitrogens is 3. The summed E-state index contributed by atoms with van der Waals surface area (Å²) in [6.45, 7) is 10.7. The van der Waals surface area contributed by atoms with Crippen molar-refractivity contribution in [1.82, 2.24) is 24.6 Å². The predicted molar refractivity (Wildman–Crippen MR) is 102 cm³/mol.